The Kier molecular flexibility index (Phi) is 6.74. The van der Waals surface area contributed by atoms with E-state index in [1.807, 2.05) is 30.7 Å². The highest BCUT2D eigenvalue weighted by Crippen LogP contribution is 2.14. The van der Waals surface area contributed by atoms with Crippen LogP contribution in [0, 0.1) is 6.92 Å². The highest BCUT2D eigenvalue weighted by molar-refractivity contribution is 5.20. The van der Waals surface area contributed by atoms with Gasteiger partial charge in [0.05, 0.1) is 12.7 Å². The summed E-state index contributed by atoms with van der Waals surface area (Å²) in [6.07, 6.45) is 5.80. The van der Waals surface area contributed by atoms with Gasteiger partial charge in [-0.05, 0) is 38.2 Å². The number of pyridine rings is 1. The van der Waals surface area contributed by atoms with Crippen molar-refractivity contribution in [3.63, 3.8) is 0 Å². The summed E-state index contributed by atoms with van der Waals surface area (Å²) in [5.41, 5.74) is 5.04. The molecule has 2 heterocycles. The van der Waals surface area contributed by atoms with Crippen molar-refractivity contribution in [1.29, 1.82) is 0 Å². The van der Waals surface area contributed by atoms with Crippen molar-refractivity contribution < 1.29 is 0 Å². The van der Waals surface area contributed by atoms with Crippen molar-refractivity contribution >= 4 is 0 Å². The standard InChI is InChI=1S/C22H29N5/c1-19-22(15-24-27(19)17-20-8-5-4-6-9-20)18-26(13-12-25(2)3)16-21-10-7-11-23-14-21/h4-11,14-15H,12-13,16-18H2,1-3H3. The van der Waals surface area contributed by atoms with Crippen molar-refractivity contribution in [2.75, 3.05) is 27.2 Å². The summed E-state index contributed by atoms with van der Waals surface area (Å²) >= 11 is 0. The second kappa shape index (κ2) is 9.44. The van der Waals surface area contributed by atoms with Gasteiger partial charge >= 0.3 is 0 Å². The maximum Gasteiger partial charge on any atom is 0.0662 e. The lowest BCUT2D eigenvalue weighted by Gasteiger charge is -2.24. The van der Waals surface area contributed by atoms with Crippen LogP contribution < -0.4 is 0 Å². The topological polar surface area (TPSA) is 37.2 Å². The minimum Gasteiger partial charge on any atom is -0.308 e. The van der Waals surface area contributed by atoms with Gasteiger partial charge < -0.3 is 4.90 Å². The van der Waals surface area contributed by atoms with Gasteiger partial charge in [0.1, 0.15) is 0 Å². The molecule has 2 aromatic heterocycles. The Morgan fingerprint density at radius 1 is 0.889 bits per heavy atom. The molecule has 0 saturated heterocycles. The van der Waals surface area contributed by atoms with Crippen molar-refractivity contribution in [3.8, 4) is 0 Å². The second-order valence-corrected chi connectivity index (χ2v) is 7.27. The summed E-state index contributed by atoms with van der Waals surface area (Å²) in [6.45, 7) is 6.80. The van der Waals surface area contributed by atoms with Crippen molar-refractivity contribution in [1.82, 2.24) is 24.6 Å². The smallest absolute Gasteiger partial charge is 0.0662 e. The predicted octanol–water partition coefficient (Wildman–Crippen LogP) is 3.20. The van der Waals surface area contributed by atoms with Gasteiger partial charge in [-0.1, -0.05) is 36.4 Å². The first kappa shape index (κ1) is 19.3. The molecule has 0 unspecified atom stereocenters. The molecule has 0 fully saturated rings. The van der Waals surface area contributed by atoms with Crippen molar-refractivity contribution in [2.24, 2.45) is 0 Å². The number of rotatable bonds is 9. The number of hydrogen-bond acceptors (Lipinski definition) is 4. The van der Waals surface area contributed by atoms with E-state index in [0.29, 0.717) is 0 Å². The van der Waals surface area contributed by atoms with Gasteiger partial charge in [0.25, 0.3) is 0 Å². The monoisotopic (exact) mass is 363 g/mol. The van der Waals surface area contributed by atoms with Crippen LogP contribution in [0.3, 0.4) is 0 Å². The largest absolute Gasteiger partial charge is 0.308 e. The summed E-state index contributed by atoms with van der Waals surface area (Å²) in [4.78, 5) is 8.95. The molecule has 0 N–H and O–H groups in total. The Bertz CT molecular complexity index is 811. The maximum atomic E-state index is 4.63. The fourth-order valence-corrected chi connectivity index (χ4v) is 3.10. The molecule has 0 aliphatic heterocycles. The number of likely N-dealkylation sites (N-methyl/N-ethyl adjacent to an activating group) is 1. The van der Waals surface area contributed by atoms with E-state index < -0.39 is 0 Å². The minimum atomic E-state index is 0.812. The molecular formula is C22H29N5. The molecule has 5 nitrogen and oxygen atoms in total. The number of benzene rings is 1. The molecule has 0 spiro atoms. The van der Waals surface area contributed by atoms with Crippen LogP contribution >= 0.6 is 0 Å². The molecule has 27 heavy (non-hydrogen) atoms. The Morgan fingerprint density at radius 2 is 1.67 bits per heavy atom. The molecule has 1 aromatic carbocycles. The van der Waals surface area contributed by atoms with Crippen LogP contribution in [-0.2, 0) is 19.6 Å². The van der Waals surface area contributed by atoms with E-state index in [4.69, 9.17) is 0 Å². The molecule has 0 aliphatic carbocycles. The third-order valence-electron chi connectivity index (χ3n) is 4.77. The molecule has 142 valence electrons. The Hall–Kier alpha value is -2.50. The third-order valence-corrected chi connectivity index (χ3v) is 4.77. The van der Waals surface area contributed by atoms with E-state index in [2.05, 4.69) is 75.9 Å². The van der Waals surface area contributed by atoms with E-state index in [1.54, 1.807) is 0 Å². The third kappa shape index (κ3) is 5.74. The van der Waals surface area contributed by atoms with Gasteiger partial charge in [-0.25, -0.2) is 0 Å². The van der Waals surface area contributed by atoms with Crippen molar-refractivity contribution in [2.45, 2.75) is 26.6 Å². The minimum absolute atomic E-state index is 0.812. The van der Waals surface area contributed by atoms with Gasteiger partial charge in [-0.15, -0.1) is 0 Å². The average Bonchev–Trinajstić information content (AvgIpc) is 3.01. The van der Waals surface area contributed by atoms with E-state index >= 15 is 0 Å². The second-order valence-electron chi connectivity index (χ2n) is 7.27. The quantitative estimate of drug-likeness (QED) is 0.585. The van der Waals surface area contributed by atoms with Crippen LogP contribution in [0.4, 0.5) is 0 Å². The lowest BCUT2D eigenvalue weighted by Crippen LogP contribution is -2.31. The zero-order valence-corrected chi connectivity index (χ0v) is 16.5. The lowest BCUT2D eigenvalue weighted by molar-refractivity contribution is 0.225. The molecule has 0 bridgehead atoms. The van der Waals surface area contributed by atoms with Gasteiger partial charge in [0.2, 0.25) is 0 Å². The summed E-state index contributed by atoms with van der Waals surface area (Å²) in [7, 11) is 4.23. The highest BCUT2D eigenvalue weighted by atomic mass is 15.3. The molecule has 0 aliphatic rings. The first-order valence-corrected chi connectivity index (χ1v) is 9.43. The van der Waals surface area contributed by atoms with E-state index in [-0.39, 0.29) is 0 Å². The fourth-order valence-electron chi connectivity index (χ4n) is 3.10. The van der Waals surface area contributed by atoms with Gasteiger partial charge in [-0.2, -0.15) is 5.10 Å². The van der Waals surface area contributed by atoms with Crippen LogP contribution in [-0.4, -0.2) is 51.7 Å². The zero-order valence-electron chi connectivity index (χ0n) is 16.5. The molecule has 0 atom stereocenters. The summed E-state index contributed by atoms with van der Waals surface area (Å²) < 4.78 is 2.10. The molecule has 0 amide bonds. The Labute approximate surface area is 162 Å². The molecule has 5 heteroatoms. The van der Waals surface area contributed by atoms with Crippen LogP contribution in [0.25, 0.3) is 0 Å². The first-order chi connectivity index (χ1) is 13.1. The molecule has 3 rings (SSSR count). The van der Waals surface area contributed by atoms with E-state index in [9.17, 15) is 0 Å². The van der Waals surface area contributed by atoms with E-state index in [0.717, 1.165) is 32.7 Å². The van der Waals surface area contributed by atoms with E-state index in [1.165, 1.54) is 22.4 Å². The fraction of sp³-hybridized carbons (Fsp3) is 0.364. The predicted molar refractivity (Wildman–Crippen MR) is 109 cm³/mol. The molecule has 3 aromatic rings. The molecule has 0 radical (unpaired) electrons. The normalized spacial score (nSPS) is 11.4. The van der Waals surface area contributed by atoms with Crippen molar-refractivity contribution in [3.05, 3.63) is 83.4 Å². The summed E-state index contributed by atoms with van der Waals surface area (Å²) in [5, 5.41) is 4.63. The van der Waals surface area contributed by atoms with Gasteiger partial charge in [0, 0.05) is 49.8 Å². The van der Waals surface area contributed by atoms with Crippen LogP contribution in [0.1, 0.15) is 22.4 Å². The Balaban J connectivity index is 1.71. The Morgan fingerprint density at radius 3 is 2.37 bits per heavy atom. The highest BCUT2D eigenvalue weighted by Gasteiger charge is 2.13. The molecule has 0 saturated carbocycles. The van der Waals surface area contributed by atoms with Crippen LogP contribution in [0.15, 0.2) is 61.1 Å². The summed E-state index contributed by atoms with van der Waals surface area (Å²) in [6, 6.07) is 14.6. The summed E-state index contributed by atoms with van der Waals surface area (Å²) in [5.74, 6) is 0. The zero-order chi connectivity index (χ0) is 19.1. The van der Waals surface area contributed by atoms with Gasteiger partial charge in [0.15, 0.2) is 0 Å². The average molecular weight is 364 g/mol. The van der Waals surface area contributed by atoms with Crippen LogP contribution in [0.2, 0.25) is 0 Å². The van der Waals surface area contributed by atoms with Gasteiger partial charge in [-0.3, -0.25) is 14.6 Å². The van der Waals surface area contributed by atoms with Crippen LogP contribution in [0.5, 0.6) is 0 Å². The number of nitrogens with zero attached hydrogens (tertiary/aromatic N) is 5. The molecular weight excluding hydrogens is 334 g/mol. The number of hydrogen-bond donors (Lipinski definition) is 0. The maximum absolute atomic E-state index is 4.63. The SMILES string of the molecule is Cc1c(CN(CCN(C)C)Cc2cccnc2)cnn1Cc1ccccc1. The number of aromatic nitrogens is 3. The lowest BCUT2D eigenvalue weighted by atomic mass is 10.2. The first-order valence-electron chi connectivity index (χ1n) is 9.43.